The number of thioether (sulfide) groups is 2. The summed E-state index contributed by atoms with van der Waals surface area (Å²) >= 11 is 13.4. The second kappa shape index (κ2) is 7.89. The van der Waals surface area contributed by atoms with Crippen molar-refractivity contribution in [3.05, 3.63) is 110 Å². The molecule has 6 heteroatoms. The van der Waals surface area contributed by atoms with Gasteiger partial charge in [-0.25, -0.2) is 4.99 Å². The molecule has 0 N–H and O–H groups in total. The van der Waals surface area contributed by atoms with E-state index in [1.54, 1.807) is 11.8 Å². The zero-order chi connectivity index (χ0) is 20.9. The number of amidine groups is 1. The molecule has 0 bridgehead atoms. The van der Waals surface area contributed by atoms with Crippen LogP contribution >= 0.6 is 51.1 Å². The highest BCUT2D eigenvalue weighted by Crippen LogP contribution is 2.52. The lowest BCUT2D eigenvalue weighted by Gasteiger charge is -2.39. The second-order valence-corrected chi connectivity index (χ2v) is 10.7. The summed E-state index contributed by atoms with van der Waals surface area (Å²) in [6.45, 7) is 0. The van der Waals surface area contributed by atoms with Gasteiger partial charge in [0, 0.05) is 31.1 Å². The van der Waals surface area contributed by atoms with E-state index >= 15 is 0 Å². The van der Waals surface area contributed by atoms with E-state index in [4.69, 9.17) is 16.6 Å². The van der Waals surface area contributed by atoms with Gasteiger partial charge in [-0.1, -0.05) is 81.8 Å². The third-order valence-electron chi connectivity index (χ3n) is 5.69. The van der Waals surface area contributed by atoms with Crippen molar-refractivity contribution in [2.45, 2.75) is 10.9 Å². The first-order chi connectivity index (χ1) is 15.2. The van der Waals surface area contributed by atoms with E-state index in [1.165, 1.54) is 32.9 Å². The number of nitrogens with zero attached hydrogens (tertiary/aromatic N) is 2. The van der Waals surface area contributed by atoms with Crippen molar-refractivity contribution in [3.8, 4) is 0 Å². The van der Waals surface area contributed by atoms with Crippen LogP contribution in [0.25, 0.3) is 11.4 Å². The lowest BCUT2D eigenvalue weighted by Crippen LogP contribution is -2.34. The first-order valence-electron chi connectivity index (χ1n) is 9.90. The van der Waals surface area contributed by atoms with Gasteiger partial charge in [0.2, 0.25) is 0 Å². The van der Waals surface area contributed by atoms with Crippen molar-refractivity contribution in [2.24, 2.45) is 4.99 Å². The summed E-state index contributed by atoms with van der Waals surface area (Å²) in [4.78, 5) is 8.88. The topological polar surface area (TPSA) is 15.6 Å². The Kier molecular flexibility index (Phi) is 5.03. The van der Waals surface area contributed by atoms with Crippen LogP contribution in [0.5, 0.6) is 0 Å². The maximum Gasteiger partial charge on any atom is 0.174 e. The van der Waals surface area contributed by atoms with Crippen LogP contribution < -0.4 is 0 Å². The van der Waals surface area contributed by atoms with Gasteiger partial charge in [0.15, 0.2) is 5.17 Å². The average molecular weight is 524 g/mol. The Bertz CT molecular complexity index is 1280. The SMILES string of the molecule is Clc1ccc(C2C3=C(N=C4SC=C(c5ccc(Br)cc5)N42)c2ccccc2SC3)cc1. The van der Waals surface area contributed by atoms with Gasteiger partial charge in [-0.15, -0.1) is 11.8 Å². The minimum atomic E-state index is 0.0884. The van der Waals surface area contributed by atoms with Crippen LogP contribution in [-0.2, 0) is 0 Å². The monoisotopic (exact) mass is 522 g/mol. The van der Waals surface area contributed by atoms with Crippen LogP contribution in [0.4, 0.5) is 0 Å². The predicted octanol–water partition coefficient (Wildman–Crippen LogP) is 8.08. The first kappa shape index (κ1) is 19.7. The Morgan fingerprint density at radius 2 is 1.74 bits per heavy atom. The average Bonchev–Trinajstić information content (AvgIpc) is 3.22. The lowest BCUT2D eigenvalue weighted by atomic mass is 9.92. The van der Waals surface area contributed by atoms with E-state index in [1.807, 2.05) is 23.9 Å². The zero-order valence-corrected chi connectivity index (χ0v) is 20.2. The molecule has 0 saturated heterocycles. The number of hydrogen-bond acceptors (Lipinski definition) is 4. The summed E-state index contributed by atoms with van der Waals surface area (Å²) in [5, 5.41) is 4.01. The predicted molar refractivity (Wildman–Crippen MR) is 137 cm³/mol. The highest BCUT2D eigenvalue weighted by molar-refractivity contribution is 9.10. The molecule has 0 amide bonds. The molecule has 0 spiro atoms. The molecule has 3 aliphatic rings. The molecular formula is C25H16BrClN2S2. The fraction of sp³-hybridized carbons (Fsp3) is 0.0800. The maximum atomic E-state index is 6.23. The number of hydrogen-bond donors (Lipinski definition) is 0. The minimum Gasteiger partial charge on any atom is -0.308 e. The highest BCUT2D eigenvalue weighted by atomic mass is 79.9. The van der Waals surface area contributed by atoms with Gasteiger partial charge in [0.05, 0.1) is 17.4 Å². The van der Waals surface area contributed by atoms with Gasteiger partial charge >= 0.3 is 0 Å². The van der Waals surface area contributed by atoms with Crippen molar-refractivity contribution in [3.63, 3.8) is 0 Å². The first-order valence-corrected chi connectivity index (χ1v) is 12.9. The molecule has 3 heterocycles. The van der Waals surface area contributed by atoms with E-state index < -0.39 is 0 Å². The Morgan fingerprint density at radius 1 is 0.968 bits per heavy atom. The van der Waals surface area contributed by atoms with Crippen LogP contribution in [0.3, 0.4) is 0 Å². The Morgan fingerprint density at radius 3 is 2.55 bits per heavy atom. The second-order valence-electron chi connectivity index (χ2n) is 7.50. The number of rotatable bonds is 2. The number of aliphatic imine (C=N–C) groups is 1. The molecule has 0 fully saturated rings. The maximum absolute atomic E-state index is 6.23. The fourth-order valence-electron chi connectivity index (χ4n) is 4.25. The van der Waals surface area contributed by atoms with Crippen molar-refractivity contribution in [2.75, 3.05) is 5.75 Å². The fourth-order valence-corrected chi connectivity index (χ4v) is 6.67. The third kappa shape index (κ3) is 3.39. The molecule has 3 aromatic rings. The Hall–Kier alpha value is -1.92. The molecule has 3 aliphatic heterocycles. The number of benzene rings is 3. The molecule has 0 radical (unpaired) electrons. The normalized spacial score (nSPS) is 19.4. The van der Waals surface area contributed by atoms with Gasteiger partial charge < -0.3 is 4.90 Å². The van der Waals surface area contributed by atoms with Gasteiger partial charge in [-0.3, -0.25) is 0 Å². The smallest absolute Gasteiger partial charge is 0.174 e. The largest absolute Gasteiger partial charge is 0.308 e. The zero-order valence-electron chi connectivity index (χ0n) is 16.3. The minimum absolute atomic E-state index is 0.0884. The van der Waals surface area contributed by atoms with E-state index in [2.05, 4.69) is 86.9 Å². The Labute approximate surface area is 203 Å². The van der Waals surface area contributed by atoms with E-state index in [0.29, 0.717) is 0 Å². The van der Waals surface area contributed by atoms with Crippen molar-refractivity contribution in [1.82, 2.24) is 4.90 Å². The summed E-state index contributed by atoms with van der Waals surface area (Å²) in [6.07, 6.45) is 0. The third-order valence-corrected chi connectivity index (χ3v) is 8.44. The molecule has 0 saturated carbocycles. The standard InChI is InChI=1S/C25H16BrClN2S2/c26-17-9-5-15(6-10-17)21-14-31-25-28-23-19-3-1-2-4-22(19)30-13-20(23)24(29(21)25)16-7-11-18(27)12-8-16/h1-12,14,24H,13H2. The van der Waals surface area contributed by atoms with Crippen molar-refractivity contribution in [1.29, 1.82) is 0 Å². The van der Waals surface area contributed by atoms with Crippen molar-refractivity contribution >= 4 is 67.6 Å². The number of fused-ring (bicyclic) bond motifs is 3. The molecule has 1 unspecified atom stereocenters. The van der Waals surface area contributed by atoms with Crippen LogP contribution in [0, 0.1) is 0 Å². The molecule has 3 aromatic carbocycles. The van der Waals surface area contributed by atoms with E-state index in [0.717, 1.165) is 26.1 Å². The molecular weight excluding hydrogens is 508 g/mol. The van der Waals surface area contributed by atoms with E-state index in [9.17, 15) is 0 Å². The van der Waals surface area contributed by atoms with E-state index in [-0.39, 0.29) is 6.04 Å². The summed E-state index contributed by atoms with van der Waals surface area (Å²) < 4.78 is 1.08. The highest BCUT2D eigenvalue weighted by Gasteiger charge is 2.40. The quantitative estimate of drug-likeness (QED) is 0.338. The van der Waals surface area contributed by atoms with Crippen LogP contribution in [0.1, 0.15) is 22.7 Å². The summed E-state index contributed by atoms with van der Waals surface area (Å²) in [5.74, 6) is 0.922. The van der Waals surface area contributed by atoms with Crippen LogP contribution in [0.2, 0.25) is 5.02 Å². The van der Waals surface area contributed by atoms with Gasteiger partial charge in [0.25, 0.3) is 0 Å². The summed E-state index contributed by atoms with van der Waals surface area (Å²) in [7, 11) is 0. The molecule has 6 rings (SSSR count). The van der Waals surface area contributed by atoms with Crippen LogP contribution in [-0.4, -0.2) is 15.8 Å². The number of halogens is 2. The molecule has 0 aliphatic carbocycles. The summed E-state index contributed by atoms with van der Waals surface area (Å²) in [5.41, 5.74) is 7.31. The molecule has 152 valence electrons. The molecule has 31 heavy (non-hydrogen) atoms. The molecule has 0 aromatic heterocycles. The van der Waals surface area contributed by atoms with Crippen LogP contribution in [0.15, 0.2) is 98.1 Å². The van der Waals surface area contributed by atoms with Crippen molar-refractivity contribution < 1.29 is 0 Å². The Balaban J connectivity index is 1.53. The van der Waals surface area contributed by atoms with Gasteiger partial charge in [-0.05, 0) is 47.0 Å². The van der Waals surface area contributed by atoms with Gasteiger partial charge in [0.1, 0.15) is 0 Å². The molecule has 2 nitrogen and oxygen atoms in total. The summed E-state index contributed by atoms with van der Waals surface area (Å²) in [6, 6.07) is 25.5. The molecule has 1 atom stereocenters. The lowest BCUT2D eigenvalue weighted by molar-refractivity contribution is 0.490. The van der Waals surface area contributed by atoms with Gasteiger partial charge in [-0.2, -0.15) is 0 Å².